The lowest BCUT2D eigenvalue weighted by molar-refractivity contribution is 0.0697. The molecular weight excluding hydrogens is 244 g/mol. The van der Waals surface area contributed by atoms with Crippen molar-refractivity contribution in [1.82, 2.24) is 9.88 Å². The second kappa shape index (κ2) is 5.88. The molecule has 2 heterocycles. The first-order valence-corrected chi connectivity index (χ1v) is 6.55. The molecule has 6 heteroatoms. The third-order valence-corrected chi connectivity index (χ3v) is 3.51. The van der Waals surface area contributed by atoms with Crippen LogP contribution in [0.1, 0.15) is 23.7 Å². The number of hydrogen-bond donors (Lipinski definition) is 3. The lowest BCUT2D eigenvalue weighted by Gasteiger charge is -2.15. The van der Waals surface area contributed by atoms with Gasteiger partial charge in [0.25, 0.3) is 0 Å². The van der Waals surface area contributed by atoms with Gasteiger partial charge in [-0.1, -0.05) is 6.92 Å². The van der Waals surface area contributed by atoms with Crippen molar-refractivity contribution in [3.05, 3.63) is 17.8 Å². The van der Waals surface area contributed by atoms with Crippen LogP contribution in [0.3, 0.4) is 0 Å². The molecule has 1 saturated heterocycles. The van der Waals surface area contributed by atoms with Crippen LogP contribution in [0.4, 0.5) is 11.5 Å². The van der Waals surface area contributed by atoms with E-state index in [1.54, 1.807) is 0 Å². The van der Waals surface area contributed by atoms with E-state index >= 15 is 0 Å². The van der Waals surface area contributed by atoms with Crippen molar-refractivity contribution in [2.45, 2.75) is 13.3 Å². The Kier molecular flexibility index (Phi) is 4.21. The topological polar surface area (TPSA) is 91.5 Å². The van der Waals surface area contributed by atoms with E-state index in [4.69, 9.17) is 10.8 Å². The van der Waals surface area contributed by atoms with Crippen LogP contribution in [0.25, 0.3) is 0 Å². The molecule has 0 saturated carbocycles. The quantitative estimate of drug-likeness (QED) is 0.738. The Bertz CT molecular complexity index is 464. The Labute approximate surface area is 112 Å². The Morgan fingerprint density at radius 3 is 3.11 bits per heavy atom. The molecule has 6 nitrogen and oxygen atoms in total. The van der Waals surface area contributed by atoms with E-state index in [-0.39, 0.29) is 5.56 Å². The van der Waals surface area contributed by atoms with Crippen molar-refractivity contribution in [3.8, 4) is 0 Å². The van der Waals surface area contributed by atoms with Gasteiger partial charge in [0.15, 0.2) is 0 Å². The molecule has 0 aromatic carbocycles. The summed E-state index contributed by atoms with van der Waals surface area (Å²) < 4.78 is 0. The van der Waals surface area contributed by atoms with Gasteiger partial charge in [-0.2, -0.15) is 0 Å². The molecular formula is C13H20N4O2. The molecule has 1 aliphatic rings. The highest BCUT2D eigenvalue weighted by Crippen LogP contribution is 2.19. The zero-order chi connectivity index (χ0) is 13.8. The molecule has 0 bridgehead atoms. The summed E-state index contributed by atoms with van der Waals surface area (Å²) in [5.41, 5.74) is 6.05. The smallest absolute Gasteiger partial charge is 0.339 e. The Morgan fingerprint density at radius 2 is 2.47 bits per heavy atom. The van der Waals surface area contributed by atoms with Crippen LogP contribution in [0, 0.1) is 5.92 Å². The van der Waals surface area contributed by atoms with Gasteiger partial charge in [-0.3, -0.25) is 0 Å². The van der Waals surface area contributed by atoms with E-state index in [0.717, 1.165) is 32.6 Å². The van der Waals surface area contributed by atoms with E-state index in [9.17, 15) is 4.79 Å². The number of pyridine rings is 1. The third-order valence-electron chi connectivity index (χ3n) is 3.51. The maximum absolute atomic E-state index is 11.1. The van der Waals surface area contributed by atoms with E-state index in [1.165, 1.54) is 12.3 Å². The van der Waals surface area contributed by atoms with Gasteiger partial charge >= 0.3 is 5.97 Å². The van der Waals surface area contributed by atoms with E-state index < -0.39 is 5.97 Å². The summed E-state index contributed by atoms with van der Waals surface area (Å²) in [6, 6.07) is 1.44. The molecule has 1 atom stereocenters. The predicted molar refractivity (Wildman–Crippen MR) is 74.3 cm³/mol. The number of rotatable bonds is 5. The first-order chi connectivity index (χ1) is 9.10. The summed E-state index contributed by atoms with van der Waals surface area (Å²) in [5.74, 6) is -0.0681. The van der Waals surface area contributed by atoms with Gasteiger partial charge in [-0.25, -0.2) is 9.78 Å². The van der Waals surface area contributed by atoms with Crippen LogP contribution in [0.15, 0.2) is 12.3 Å². The molecule has 1 unspecified atom stereocenters. The lowest BCUT2D eigenvalue weighted by Crippen LogP contribution is -2.23. The minimum Gasteiger partial charge on any atom is -0.478 e. The van der Waals surface area contributed by atoms with Crippen LogP contribution < -0.4 is 11.1 Å². The van der Waals surface area contributed by atoms with Crippen LogP contribution in [-0.2, 0) is 0 Å². The lowest BCUT2D eigenvalue weighted by atomic mass is 10.1. The van der Waals surface area contributed by atoms with Crippen LogP contribution in [0.5, 0.6) is 0 Å². The second-order valence-corrected chi connectivity index (χ2v) is 4.90. The van der Waals surface area contributed by atoms with E-state index in [0.29, 0.717) is 17.4 Å². The van der Waals surface area contributed by atoms with E-state index in [1.807, 2.05) is 0 Å². The van der Waals surface area contributed by atoms with Gasteiger partial charge in [-0.05, 0) is 31.5 Å². The van der Waals surface area contributed by atoms with Gasteiger partial charge in [0.05, 0.1) is 11.9 Å². The van der Waals surface area contributed by atoms with Crippen LogP contribution in [-0.4, -0.2) is 47.1 Å². The van der Waals surface area contributed by atoms with Crippen molar-refractivity contribution in [2.24, 2.45) is 5.92 Å². The summed E-state index contributed by atoms with van der Waals surface area (Å²) in [6.45, 7) is 6.13. The highest BCUT2D eigenvalue weighted by Gasteiger charge is 2.21. The number of aromatic carboxylic acids is 1. The number of nitrogen functional groups attached to an aromatic ring is 1. The summed E-state index contributed by atoms with van der Waals surface area (Å²) >= 11 is 0. The molecule has 0 spiro atoms. The first kappa shape index (κ1) is 13.6. The van der Waals surface area contributed by atoms with Gasteiger partial charge in [0.2, 0.25) is 0 Å². The number of likely N-dealkylation sites (tertiary alicyclic amines) is 1. The van der Waals surface area contributed by atoms with Crippen LogP contribution >= 0.6 is 0 Å². The normalized spacial score (nSPS) is 19.5. The fraction of sp³-hybridized carbons (Fsp3) is 0.538. The van der Waals surface area contributed by atoms with Crippen LogP contribution in [0.2, 0.25) is 0 Å². The SMILES string of the molecule is CCN1CCC(CNc2ncc(N)cc2C(=O)O)C1. The number of anilines is 2. The van der Waals surface area contributed by atoms with Gasteiger partial charge in [-0.15, -0.1) is 0 Å². The van der Waals surface area contributed by atoms with Crippen molar-refractivity contribution in [2.75, 3.05) is 37.2 Å². The molecule has 2 rings (SSSR count). The van der Waals surface area contributed by atoms with Crippen molar-refractivity contribution >= 4 is 17.5 Å². The number of hydrogen-bond acceptors (Lipinski definition) is 5. The number of carboxylic acids is 1. The number of nitrogens with two attached hydrogens (primary N) is 1. The minimum absolute atomic E-state index is 0.130. The fourth-order valence-corrected chi connectivity index (χ4v) is 2.39. The number of carbonyl (C=O) groups is 1. The fourth-order valence-electron chi connectivity index (χ4n) is 2.39. The van der Waals surface area contributed by atoms with Gasteiger partial charge in [0.1, 0.15) is 11.4 Å². The standard InChI is InChI=1S/C13H20N4O2/c1-2-17-4-3-9(8-17)6-15-12-11(13(18)19)5-10(14)7-16-12/h5,7,9H,2-4,6,8,14H2,1H3,(H,15,16)(H,18,19). The molecule has 1 aliphatic heterocycles. The maximum atomic E-state index is 11.1. The molecule has 1 aromatic rings. The van der Waals surface area contributed by atoms with Crippen molar-refractivity contribution in [3.63, 3.8) is 0 Å². The van der Waals surface area contributed by atoms with E-state index in [2.05, 4.69) is 22.1 Å². The number of aromatic nitrogens is 1. The van der Waals surface area contributed by atoms with Crippen molar-refractivity contribution < 1.29 is 9.90 Å². The third kappa shape index (κ3) is 3.35. The highest BCUT2D eigenvalue weighted by molar-refractivity contribution is 5.94. The monoisotopic (exact) mass is 264 g/mol. The Morgan fingerprint density at radius 1 is 1.68 bits per heavy atom. The largest absolute Gasteiger partial charge is 0.478 e. The molecule has 19 heavy (non-hydrogen) atoms. The molecule has 0 amide bonds. The molecule has 0 radical (unpaired) electrons. The summed E-state index contributed by atoms with van der Waals surface area (Å²) in [6.07, 6.45) is 2.61. The molecule has 0 aliphatic carbocycles. The number of carboxylic acid groups (broad SMARTS) is 1. The Balaban J connectivity index is 1.98. The predicted octanol–water partition coefficient (Wildman–Crippen LogP) is 1.12. The van der Waals surface area contributed by atoms with Crippen molar-refractivity contribution in [1.29, 1.82) is 0 Å². The first-order valence-electron chi connectivity index (χ1n) is 6.55. The molecule has 1 fully saturated rings. The number of nitrogens with zero attached hydrogens (tertiary/aromatic N) is 2. The highest BCUT2D eigenvalue weighted by atomic mass is 16.4. The number of nitrogens with one attached hydrogen (secondary N) is 1. The molecule has 4 N–H and O–H groups in total. The van der Waals surface area contributed by atoms with Gasteiger partial charge in [0, 0.05) is 13.1 Å². The zero-order valence-corrected chi connectivity index (χ0v) is 11.1. The maximum Gasteiger partial charge on any atom is 0.339 e. The molecule has 104 valence electrons. The molecule has 1 aromatic heterocycles. The van der Waals surface area contributed by atoms with Gasteiger partial charge < -0.3 is 21.1 Å². The average molecular weight is 264 g/mol. The summed E-state index contributed by atoms with van der Waals surface area (Å²) in [5, 5.41) is 12.3. The second-order valence-electron chi connectivity index (χ2n) is 4.90. The minimum atomic E-state index is -1.01. The zero-order valence-electron chi connectivity index (χ0n) is 11.1. The average Bonchev–Trinajstić information content (AvgIpc) is 2.85. The summed E-state index contributed by atoms with van der Waals surface area (Å²) in [7, 11) is 0. The summed E-state index contributed by atoms with van der Waals surface area (Å²) in [4.78, 5) is 17.6. The Hall–Kier alpha value is -1.82.